The van der Waals surface area contributed by atoms with Gasteiger partial charge in [-0.3, -0.25) is 4.72 Å². The van der Waals surface area contributed by atoms with Crippen molar-refractivity contribution < 1.29 is 8.42 Å². The molecule has 1 fully saturated rings. The maximum Gasteiger partial charge on any atom is 0.289 e. The van der Waals surface area contributed by atoms with Gasteiger partial charge in [0.2, 0.25) is 4.34 Å². The average Bonchev–Trinajstić information content (AvgIpc) is 3.19. The van der Waals surface area contributed by atoms with Crippen LogP contribution in [0.4, 0.5) is 5.69 Å². The molecule has 0 amide bonds. The molecule has 2 N–H and O–H groups in total. The van der Waals surface area contributed by atoms with Crippen LogP contribution in [0.25, 0.3) is 10.2 Å². The van der Waals surface area contributed by atoms with Crippen molar-refractivity contribution in [1.82, 2.24) is 10.3 Å². The van der Waals surface area contributed by atoms with Gasteiger partial charge in [-0.25, -0.2) is 4.98 Å². The Balaban J connectivity index is 1.43. The first kappa shape index (κ1) is 21.3. The summed E-state index contributed by atoms with van der Waals surface area (Å²) < 4.78 is 29.6. The number of sulfonamides is 1. The van der Waals surface area contributed by atoms with E-state index in [2.05, 4.69) is 21.9 Å². The summed E-state index contributed by atoms with van der Waals surface area (Å²) in [5, 5.41) is 3.59. The standard InChI is InChI=1S/C23H29N3O2S2/c1-17(15-18-9-3-2-4-10-18)24-16-19-11-5-6-12-20(19)26-30(27,28)23-25-21-13-7-8-14-22(21)29-23/h5-8,11-14,17-18,24,26H,2-4,9-10,15-16H2,1H3/t17-/m0/s1. The van der Waals surface area contributed by atoms with E-state index in [-0.39, 0.29) is 4.34 Å². The molecule has 0 aliphatic heterocycles. The van der Waals surface area contributed by atoms with Crippen molar-refractivity contribution in [2.75, 3.05) is 4.72 Å². The first-order chi connectivity index (χ1) is 14.5. The Morgan fingerprint density at radius 2 is 1.80 bits per heavy atom. The zero-order chi connectivity index (χ0) is 21.0. The number of aromatic nitrogens is 1. The normalized spacial score (nSPS) is 16.6. The fourth-order valence-corrected chi connectivity index (χ4v) is 6.54. The molecule has 0 radical (unpaired) electrons. The van der Waals surface area contributed by atoms with Gasteiger partial charge in [0.15, 0.2) is 0 Å². The van der Waals surface area contributed by atoms with E-state index in [1.807, 2.05) is 48.5 Å². The summed E-state index contributed by atoms with van der Waals surface area (Å²) in [6.07, 6.45) is 7.94. The fraction of sp³-hybridized carbons (Fsp3) is 0.435. The monoisotopic (exact) mass is 443 g/mol. The highest BCUT2D eigenvalue weighted by Gasteiger charge is 2.21. The molecule has 5 nitrogen and oxygen atoms in total. The molecule has 2 aromatic carbocycles. The van der Waals surface area contributed by atoms with Crippen LogP contribution in [-0.2, 0) is 16.6 Å². The molecule has 4 rings (SSSR count). The number of benzene rings is 2. The molecular weight excluding hydrogens is 414 g/mol. The van der Waals surface area contributed by atoms with E-state index >= 15 is 0 Å². The number of hydrogen-bond donors (Lipinski definition) is 2. The Hall–Kier alpha value is -1.96. The number of thiazole rings is 1. The Bertz CT molecular complexity index is 1060. The van der Waals surface area contributed by atoms with Crippen LogP contribution in [-0.4, -0.2) is 19.4 Å². The van der Waals surface area contributed by atoms with Crippen LogP contribution in [0, 0.1) is 5.92 Å². The second kappa shape index (κ2) is 9.45. The topological polar surface area (TPSA) is 71.1 Å². The van der Waals surface area contributed by atoms with Crippen LogP contribution in [0.1, 0.15) is 51.0 Å². The van der Waals surface area contributed by atoms with Gasteiger partial charge in [-0.15, -0.1) is 11.3 Å². The molecule has 160 valence electrons. The molecule has 0 spiro atoms. The highest BCUT2D eigenvalue weighted by molar-refractivity contribution is 7.94. The van der Waals surface area contributed by atoms with E-state index in [9.17, 15) is 8.42 Å². The van der Waals surface area contributed by atoms with Crippen molar-refractivity contribution in [2.45, 2.75) is 62.4 Å². The average molecular weight is 444 g/mol. The zero-order valence-electron chi connectivity index (χ0n) is 17.3. The Labute approximate surface area is 183 Å². The first-order valence-corrected chi connectivity index (χ1v) is 13.0. The van der Waals surface area contributed by atoms with E-state index in [0.29, 0.717) is 23.8 Å². The quantitative estimate of drug-likeness (QED) is 0.479. The SMILES string of the molecule is C[C@@H](CC1CCCCC1)NCc1ccccc1NS(=O)(=O)c1nc2ccccc2s1. The van der Waals surface area contributed by atoms with Gasteiger partial charge in [0, 0.05) is 12.6 Å². The zero-order valence-corrected chi connectivity index (χ0v) is 18.9. The van der Waals surface area contributed by atoms with Crippen molar-refractivity contribution in [1.29, 1.82) is 0 Å². The van der Waals surface area contributed by atoms with Gasteiger partial charge in [-0.2, -0.15) is 8.42 Å². The molecule has 0 unspecified atom stereocenters. The number of hydrogen-bond acceptors (Lipinski definition) is 5. The van der Waals surface area contributed by atoms with Crippen molar-refractivity contribution >= 4 is 37.3 Å². The number of nitrogens with zero attached hydrogens (tertiary/aromatic N) is 1. The number of para-hydroxylation sites is 2. The van der Waals surface area contributed by atoms with E-state index in [0.717, 1.165) is 16.2 Å². The Morgan fingerprint density at radius 1 is 1.07 bits per heavy atom. The van der Waals surface area contributed by atoms with Crippen LogP contribution in [0.15, 0.2) is 52.9 Å². The predicted molar refractivity (Wildman–Crippen MR) is 124 cm³/mol. The van der Waals surface area contributed by atoms with Gasteiger partial charge in [0.25, 0.3) is 10.0 Å². The summed E-state index contributed by atoms with van der Waals surface area (Å²) in [5.74, 6) is 0.814. The third-order valence-corrected chi connectivity index (χ3v) is 8.60. The minimum absolute atomic E-state index is 0.0946. The summed E-state index contributed by atoms with van der Waals surface area (Å²) in [7, 11) is -3.73. The fourth-order valence-electron chi connectivity index (χ4n) is 4.22. The lowest BCUT2D eigenvalue weighted by molar-refractivity contribution is 0.305. The van der Waals surface area contributed by atoms with Gasteiger partial charge in [-0.1, -0.05) is 62.4 Å². The summed E-state index contributed by atoms with van der Waals surface area (Å²) in [5.41, 5.74) is 2.25. The van der Waals surface area contributed by atoms with Gasteiger partial charge >= 0.3 is 0 Å². The maximum atomic E-state index is 12.9. The summed E-state index contributed by atoms with van der Waals surface area (Å²) in [4.78, 5) is 4.30. The molecule has 1 aliphatic carbocycles. The molecule has 30 heavy (non-hydrogen) atoms. The number of nitrogens with one attached hydrogen (secondary N) is 2. The molecule has 1 heterocycles. The molecular formula is C23H29N3O2S2. The second-order valence-corrected chi connectivity index (χ2v) is 11.1. The summed E-state index contributed by atoms with van der Waals surface area (Å²) in [6, 6.07) is 15.4. The lowest BCUT2D eigenvalue weighted by Gasteiger charge is -2.25. The molecule has 1 aliphatic rings. The molecule has 1 aromatic heterocycles. The van der Waals surface area contributed by atoms with Crippen molar-refractivity contribution in [3.05, 3.63) is 54.1 Å². The largest absolute Gasteiger partial charge is 0.310 e. The smallest absolute Gasteiger partial charge is 0.289 e. The third-order valence-electron chi connectivity index (χ3n) is 5.82. The molecule has 0 saturated heterocycles. The van der Waals surface area contributed by atoms with Gasteiger partial charge in [0.1, 0.15) is 0 Å². The van der Waals surface area contributed by atoms with Gasteiger partial charge < -0.3 is 5.32 Å². The second-order valence-electron chi connectivity index (χ2n) is 8.23. The van der Waals surface area contributed by atoms with Crippen molar-refractivity contribution in [3.63, 3.8) is 0 Å². The number of fused-ring (bicyclic) bond motifs is 1. The molecule has 0 bridgehead atoms. The minimum Gasteiger partial charge on any atom is -0.310 e. The van der Waals surface area contributed by atoms with E-state index < -0.39 is 10.0 Å². The van der Waals surface area contributed by atoms with E-state index in [4.69, 9.17) is 0 Å². The van der Waals surface area contributed by atoms with E-state index in [1.54, 1.807) is 0 Å². The number of rotatable bonds is 8. The van der Waals surface area contributed by atoms with Crippen molar-refractivity contribution in [3.8, 4) is 0 Å². The van der Waals surface area contributed by atoms with Gasteiger partial charge in [0.05, 0.1) is 15.9 Å². The van der Waals surface area contributed by atoms with Crippen LogP contribution in [0.3, 0.4) is 0 Å². The number of anilines is 1. The highest BCUT2D eigenvalue weighted by Crippen LogP contribution is 2.29. The summed E-state index contributed by atoms with van der Waals surface area (Å²) in [6.45, 7) is 2.86. The lowest BCUT2D eigenvalue weighted by Crippen LogP contribution is -2.29. The molecule has 7 heteroatoms. The minimum atomic E-state index is -3.73. The third kappa shape index (κ3) is 5.20. The maximum absolute atomic E-state index is 12.9. The molecule has 3 aromatic rings. The van der Waals surface area contributed by atoms with Crippen LogP contribution in [0.5, 0.6) is 0 Å². The molecule has 1 atom stereocenters. The highest BCUT2D eigenvalue weighted by atomic mass is 32.2. The first-order valence-electron chi connectivity index (χ1n) is 10.7. The Kier molecular flexibility index (Phi) is 6.71. The molecule has 1 saturated carbocycles. The lowest BCUT2D eigenvalue weighted by atomic mass is 9.85. The van der Waals surface area contributed by atoms with E-state index in [1.165, 1.54) is 49.9 Å². The van der Waals surface area contributed by atoms with Crippen molar-refractivity contribution in [2.24, 2.45) is 5.92 Å². The van der Waals surface area contributed by atoms with Crippen LogP contribution in [0.2, 0.25) is 0 Å². The van der Waals surface area contributed by atoms with Gasteiger partial charge in [-0.05, 0) is 43.0 Å². The van der Waals surface area contributed by atoms with Crippen LogP contribution >= 0.6 is 11.3 Å². The predicted octanol–water partition coefficient (Wildman–Crippen LogP) is 5.55. The van der Waals surface area contributed by atoms with Crippen LogP contribution < -0.4 is 10.0 Å². The Morgan fingerprint density at radius 3 is 2.60 bits per heavy atom. The summed E-state index contributed by atoms with van der Waals surface area (Å²) >= 11 is 1.19.